The van der Waals surface area contributed by atoms with Crippen LogP contribution in [0, 0.1) is 13.8 Å². The van der Waals surface area contributed by atoms with Gasteiger partial charge in [-0.1, -0.05) is 66.7 Å². The van der Waals surface area contributed by atoms with Gasteiger partial charge in [0.15, 0.2) is 5.60 Å². The van der Waals surface area contributed by atoms with Gasteiger partial charge in [0.25, 0.3) is 0 Å². The summed E-state index contributed by atoms with van der Waals surface area (Å²) in [5, 5.41) is 2.38. The first-order chi connectivity index (χ1) is 22.3. The van der Waals surface area contributed by atoms with Crippen LogP contribution in [0.4, 0.5) is 5.69 Å². The molecule has 1 aliphatic rings. The number of benzene rings is 4. The fourth-order valence-electron chi connectivity index (χ4n) is 7.62. The highest BCUT2D eigenvalue weighted by molar-refractivity contribution is 6.07. The predicted molar refractivity (Wildman–Crippen MR) is 190 cm³/mol. The number of anilines is 1. The van der Waals surface area contributed by atoms with Crippen LogP contribution in [0.1, 0.15) is 64.8 Å². The third kappa shape index (κ3) is 4.33. The largest absolute Gasteiger partial charge is 0.441 e. The van der Waals surface area contributed by atoms with E-state index >= 15 is 0 Å². The maximum atomic E-state index is 13.7. The van der Waals surface area contributed by atoms with Crippen molar-refractivity contribution in [1.29, 1.82) is 0 Å². The molecule has 0 amide bonds. The number of esters is 1. The second-order valence-corrected chi connectivity index (χ2v) is 12.2. The van der Waals surface area contributed by atoms with E-state index in [1.165, 1.54) is 44.3 Å². The number of rotatable bonds is 8. The van der Waals surface area contributed by atoms with Gasteiger partial charge in [-0.3, -0.25) is 0 Å². The molecule has 0 spiro atoms. The molecule has 6 aromatic rings. The quantitative estimate of drug-likeness (QED) is 0.162. The lowest BCUT2D eigenvalue weighted by atomic mass is 9.81. The molecule has 1 aliphatic heterocycles. The van der Waals surface area contributed by atoms with Crippen LogP contribution in [0.5, 0.6) is 0 Å². The van der Waals surface area contributed by atoms with E-state index in [1.807, 2.05) is 24.3 Å². The molecule has 4 aromatic carbocycles. The number of hydrogen-bond acceptors (Lipinski definition) is 3. The molecule has 1 unspecified atom stereocenters. The van der Waals surface area contributed by atoms with Crippen LogP contribution < -0.4 is 4.90 Å². The lowest BCUT2D eigenvalue weighted by Crippen LogP contribution is -2.26. The van der Waals surface area contributed by atoms with Crippen molar-refractivity contribution in [2.45, 2.75) is 53.3 Å². The second kappa shape index (κ2) is 11.4. The van der Waals surface area contributed by atoms with Crippen molar-refractivity contribution in [3.63, 3.8) is 0 Å². The molecule has 46 heavy (non-hydrogen) atoms. The van der Waals surface area contributed by atoms with Crippen molar-refractivity contribution in [2.24, 2.45) is 0 Å². The molecular weight excluding hydrogens is 566 g/mol. The third-order valence-corrected chi connectivity index (χ3v) is 9.99. The predicted octanol–water partition coefficient (Wildman–Crippen LogP) is 9.25. The maximum Gasteiger partial charge on any atom is 0.340 e. The van der Waals surface area contributed by atoms with E-state index < -0.39 is 5.60 Å². The van der Waals surface area contributed by atoms with Gasteiger partial charge in [0.2, 0.25) is 0 Å². The molecule has 0 bridgehead atoms. The monoisotopic (exact) mass is 607 g/mol. The van der Waals surface area contributed by atoms with Crippen molar-refractivity contribution in [3.05, 3.63) is 142 Å². The van der Waals surface area contributed by atoms with Crippen LogP contribution in [0.25, 0.3) is 27.4 Å². The van der Waals surface area contributed by atoms with Crippen LogP contribution in [-0.4, -0.2) is 28.7 Å². The number of aryl methyl sites for hydroxylation is 2. The Balaban J connectivity index is 1.64. The Morgan fingerprint density at radius 3 is 1.80 bits per heavy atom. The lowest BCUT2D eigenvalue weighted by Gasteiger charge is -2.29. The summed E-state index contributed by atoms with van der Waals surface area (Å²) in [6.07, 6.45) is 2.25. The Kier molecular flexibility index (Phi) is 7.35. The SMILES string of the molecule is CCN(C)c1ccc(C2(C=C(c3c(C)n(CC)c4ccccc34)c3c(C)n(CC)c4ccccc34)OC(=O)c3ccccc32)cc1. The second-order valence-electron chi connectivity index (χ2n) is 12.2. The Bertz CT molecular complexity index is 2060. The molecule has 0 saturated heterocycles. The van der Waals surface area contributed by atoms with Crippen molar-refractivity contribution in [1.82, 2.24) is 9.13 Å². The smallest absolute Gasteiger partial charge is 0.340 e. The molecule has 5 nitrogen and oxygen atoms in total. The van der Waals surface area contributed by atoms with E-state index in [0.717, 1.165) is 42.0 Å². The minimum Gasteiger partial charge on any atom is -0.441 e. The van der Waals surface area contributed by atoms with Gasteiger partial charge >= 0.3 is 5.97 Å². The molecule has 3 heterocycles. The summed E-state index contributed by atoms with van der Waals surface area (Å²) in [5.41, 5.74) is 10.6. The number of cyclic esters (lactones) is 1. The summed E-state index contributed by atoms with van der Waals surface area (Å²) in [4.78, 5) is 15.9. The first-order valence-electron chi connectivity index (χ1n) is 16.4. The zero-order chi connectivity index (χ0) is 32.2. The Hall–Kier alpha value is -5.03. The van der Waals surface area contributed by atoms with E-state index in [-0.39, 0.29) is 5.97 Å². The molecule has 0 fully saturated rings. The number of carbonyl (C=O) groups excluding carboxylic acids is 1. The highest BCUT2D eigenvalue weighted by atomic mass is 16.6. The van der Waals surface area contributed by atoms with Crippen LogP contribution in [0.2, 0.25) is 0 Å². The number of hydrogen-bond donors (Lipinski definition) is 0. The standard InChI is InChI=1S/C41H41N3O2/c1-7-42(6)30-24-22-29(23-25-30)41(35-19-13-10-16-31(35)40(45)46-41)26-34(38-27(4)43(8-2)36-20-14-11-17-32(36)38)39-28(5)44(9-3)37-21-15-12-18-33(37)39/h10-26H,7-9H2,1-6H3. The fraction of sp³-hybridized carbons (Fsp3) is 0.244. The van der Waals surface area contributed by atoms with Gasteiger partial charge < -0.3 is 18.8 Å². The molecule has 0 radical (unpaired) electrons. The Morgan fingerprint density at radius 1 is 0.739 bits per heavy atom. The zero-order valence-electron chi connectivity index (χ0n) is 27.6. The number of nitrogens with zero attached hydrogens (tertiary/aromatic N) is 3. The highest BCUT2D eigenvalue weighted by Gasteiger charge is 2.46. The summed E-state index contributed by atoms with van der Waals surface area (Å²) in [6.45, 7) is 13.6. The lowest BCUT2D eigenvalue weighted by molar-refractivity contribution is 0.0276. The molecule has 232 valence electrons. The van der Waals surface area contributed by atoms with Gasteiger partial charge in [-0.25, -0.2) is 4.79 Å². The van der Waals surface area contributed by atoms with E-state index in [0.29, 0.717) is 5.56 Å². The average Bonchev–Trinajstić information content (AvgIpc) is 3.66. The van der Waals surface area contributed by atoms with Crippen molar-refractivity contribution in [2.75, 3.05) is 18.5 Å². The van der Waals surface area contributed by atoms with Crippen LogP contribution in [-0.2, 0) is 23.4 Å². The van der Waals surface area contributed by atoms with Crippen molar-refractivity contribution >= 4 is 39.0 Å². The average molecular weight is 608 g/mol. The van der Waals surface area contributed by atoms with E-state index in [2.05, 4.69) is 135 Å². The number of para-hydroxylation sites is 2. The third-order valence-electron chi connectivity index (χ3n) is 9.99. The molecular formula is C41H41N3O2. The van der Waals surface area contributed by atoms with Gasteiger partial charge in [0.05, 0.1) is 5.56 Å². The van der Waals surface area contributed by atoms with E-state index in [1.54, 1.807) is 0 Å². The maximum absolute atomic E-state index is 13.7. The van der Waals surface area contributed by atoms with Gasteiger partial charge in [-0.05, 0) is 76.6 Å². The number of fused-ring (bicyclic) bond motifs is 3. The first kappa shape index (κ1) is 29.7. The molecule has 1 atom stereocenters. The van der Waals surface area contributed by atoms with Gasteiger partial charge in [-0.2, -0.15) is 0 Å². The topological polar surface area (TPSA) is 39.4 Å². The van der Waals surface area contributed by atoms with Crippen LogP contribution in [0.15, 0.2) is 103 Å². The highest BCUT2D eigenvalue weighted by Crippen LogP contribution is 2.49. The molecule has 0 saturated carbocycles. The summed E-state index contributed by atoms with van der Waals surface area (Å²) >= 11 is 0. The summed E-state index contributed by atoms with van der Waals surface area (Å²) in [5.74, 6) is -0.304. The minimum absolute atomic E-state index is 0.304. The number of aromatic nitrogens is 2. The Morgan fingerprint density at radius 2 is 1.26 bits per heavy atom. The van der Waals surface area contributed by atoms with Crippen LogP contribution in [0.3, 0.4) is 0 Å². The molecule has 0 aliphatic carbocycles. The van der Waals surface area contributed by atoms with Crippen molar-refractivity contribution in [3.8, 4) is 0 Å². The first-order valence-corrected chi connectivity index (χ1v) is 16.4. The van der Waals surface area contributed by atoms with Crippen molar-refractivity contribution < 1.29 is 9.53 Å². The summed E-state index contributed by atoms with van der Waals surface area (Å²) in [6, 6.07) is 33.7. The normalized spacial score (nSPS) is 15.7. The number of carbonyl (C=O) groups is 1. The van der Waals surface area contributed by atoms with E-state index in [9.17, 15) is 4.79 Å². The summed E-state index contributed by atoms with van der Waals surface area (Å²) < 4.78 is 11.4. The molecule has 2 aromatic heterocycles. The van der Waals surface area contributed by atoms with Gasteiger partial charge in [0, 0.05) is 87.8 Å². The fourth-order valence-corrected chi connectivity index (χ4v) is 7.62. The van der Waals surface area contributed by atoms with Crippen LogP contribution >= 0.6 is 0 Å². The van der Waals surface area contributed by atoms with E-state index in [4.69, 9.17) is 4.74 Å². The molecule has 7 rings (SSSR count). The zero-order valence-corrected chi connectivity index (χ0v) is 27.6. The summed E-state index contributed by atoms with van der Waals surface area (Å²) in [7, 11) is 2.09. The minimum atomic E-state index is -1.13. The Labute approximate surface area is 271 Å². The molecule has 5 heteroatoms. The van der Waals surface area contributed by atoms with Gasteiger partial charge in [-0.15, -0.1) is 0 Å². The number of ether oxygens (including phenoxy) is 1. The van der Waals surface area contributed by atoms with Gasteiger partial charge in [0.1, 0.15) is 0 Å². The molecule has 0 N–H and O–H groups in total.